The highest BCUT2D eigenvalue weighted by atomic mass is 32.1. The Morgan fingerprint density at radius 3 is 2.45 bits per heavy atom. The molecule has 162 valence electrons. The number of halogens is 3. The van der Waals surface area contributed by atoms with Crippen molar-refractivity contribution in [2.45, 2.75) is 19.0 Å². The van der Waals surface area contributed by atoms with Gasteiger partial charge in [0.05, 0.1) is 13.0 Å². The normalized spacial score (nSPS) is 21.7. The summed E-state index contributed by atoms with van der Waals surface area (Å²) in [7, 11) is 1.68. The van der Waals surface area contributed by atoms with Crippen LogP contribution in [0.15, 0.2) is 16.8 Å². The molecule has 2 atom stereocenters. The van der Waals surface area contributed by atoms with E-state index >= 15 is 0 Å². The van der Waals surface area contributed by atoms with Gasteiger partial charge in [-0.2, -0.15) is 24.5 Å². The monoisotopic (exact) mass is 435 g/mol. The van der Waals surface area contributed by atoms with Crippen LogP contribution in [-0.2, 0) is 20.8 Å². The van der Waals surface area contributed by atoms with Crippen molar-refractivity contribution in [3.8, 4) is 0 Å². The molecule has 11 heteroatoms. The molecular formula is C18H24F3N3O4S. The molecule has 2 fully saturated rings. The Hall–Kier alpha value is -2.14. The molecule has 0 bridgehead atoms. The summed E-state index contributed by atoms with van der Waals surface area (Å²) in [5, 5.41) is 13.9. The molecular weight excluding hydrogens is 411 g/mol. The van der Waals surface area contributed by atoms with Gasteiger partial charge in [-0.25, -0.2) is 4.79 Å². The number of hydrogen-bond acceptors (Lipinski definition) is 5. The second-order valence-electron chi connectivity index (χ2n) is 7.13. The third-order valence-electron chi connectivity index (χ3n) is 5.06. The molecule has 29 heavy (non-hydrogen) atoms. The minimum atomic E-state index is -5.08. The van der Waals surface area contributed by atoms with Crippen molar-refractivity contribution in [2.75, 3.05) is 39.8 Å². The number of hydrogen-bond donors (Lipinski definition) is 2. The maximum atomic E-state index is 12.4. The van der Waals surface area contributed by atoms with Crippen molar-refractivity contribution in [2.24, 2.45) is 11.8 Å². The highest BCUT2D eigenvalue weighted by Crippen LogP contribution is 2.31. The summed E-state index contributed by atoms with van der Waals surface area (Å²) >= 11 is 1.64. The Morgan fingerprint density at radius 1 is 1.24 bits per heavy atom. The number of fused-ring (bicyclic) bond motifs is 1. The fraction of sp³-hybridized carbons (Fsp3) is 0.611. The number of nitrogens with zero attached hydrogens (tertiary/aromatic N) is 2. The van der Waals surface area contributed by atoms with E-state index in [1.807, 2.05) is 21.7 Å². The molecule has 3 heterocycles. The molecule has 0 saturated carbocycles. The molecule has 2 aliphatic rings. The van der Waals surface area contributed by atoms with E-state index in [1.54, 1.807) is 18.4 Å². The van der Waals surface area contributed by atoms with Gasteiger partial charge in [-0.1, -0.05) is 0 Å². The first-order valence-electron chi connectivity index (χ1n) is 9.12. The van der Waals surface area contributed by atoms with Gasteiger partial charge in [-0.15, -0.1) is 0 Å². The minimum Gasteiger partial charge on any atom is -0.475 e. The molecule has 2 saturated heterocycles. The largest absolute Gasteiger partial charge is 0.490 e. The second-order valence-corrected chi connectivity index (χ2v) is 7.91. The summed E-state index contributed by atoms with van der Waals surface area (Å²) in [6.07, 6.45) is -3.48. The Labute approximate surface area is 170 Å². The number of carboxylic acids is 1. The molecule has 0 radical (unpaired) electrons. The summed E-state index contributed by atoms with van der Waals surface area (Å²) in [4.78, 5) is 37.1. The maximum Gasteiger partial charge on any atom is 0.490 e. The van der Waals surface area contributed by atoms with Gasteiger partial charge in [0.15, 0.2) is 0 Å². The van der Waals surface area contributed by atoms with E-state index in [1.165, 1.54) is 0 Å². The Balaban J connectivity index is 0.000000370. The van der Waals surface area contributed by atoms with Gasteiger partial charge in [-0.05, 0) is 47.2 Å². The van der Waals surface area contributed by atoms with Crippen LogP contribution in [-0.4, -0.2) is 78.6 Å². The fourth-order valence-corrected chi connectivity index (χ4v) is 4.22. The average molecular weight is 435 g/mol. The van der Waals surface area contributed by atoms with E-state index in [9.17, 15) is 22.8 Å². The SMILES string of the molecule is CNC(=O)CN1CC[C@H]2CN(C(=O)Cc3ccsc3)C[C@H]2C1.O=C(O)C(F)(F)F. The number of aliphatic carboxylic acids is 1. The molecule has 1 aromatic heterocycles. The lowest BCUT2D eigenvalue weighted by atomic mass is 9.89. The highest BCUT2D eigenvalue weighted by molar-refractivity contribution is 7.08. The van der Waals surface area contributed by atoms with Gasteiger partial charge in [0.2, 0.25) is 11.8 Å². The number of rotatable bonds is 4. The number of likely N-dealkylation sites (N-methyl/N-ethyl adjacent to an activating group) is 1. The summed E-state index contributed by atoms with van der Waals surface area (Å²) in [5.74, 6) is -1.32. The first kappa shape index (κ1) is 23.1. The fourth-order valence-electron chi connectivity index (χ4n) is 3.55. The molecule has 1 aromatic rings. The minimum absolute atomic E-state index is 0.0711. The zero-order chi connectivity index (χ0) is 21.6. The Kier molecular flexibility index (Phi) is 8.03. The number of carbonyl (C=O) groups excluding carboxylic acids is 2. The summed E-state index contributed by atoms with van der Waals surface area (Å²) in [6, 6.07) is 2.02. The molecule has 2 N–H and O–H groups in total. The number of nitrogens with one attached hydrogen (secondary N) is 1. The molecule has 0 unspecified atom stereocenters. The average Bonchev–Trinajstić information content (AvgIpc) is 3.30. The predicted octanol–water partition coefficient (Wildman–Crippen LogP) is 1.45. The zero-order valence-electron chi connectivity index (χ0n) is 15.9. The third-order valence-corrected chi connectivity index (χ3v) is 5.79. The second kappa shape index (κ2) is 10.1. The number of piperidine rings is 1. The van der Waals surface area contributed by atoms with Crippen LogP contribution in [0.1, 0.15) is 12.0 Å². The molecule has 0 aliphatic carbocycles. The van der Waals surface area contributed by atoms with Crippen molar-refractivity contribution >= 4 is 29.1 Å². The summed E-state index contributed by atoms with van der Waals surface area (Å²) in [6.45, 7) is 4.10. The molecule has 7 nitrogen and oxygen atoms in total. The zero-order valence-corrected chi connectivity index (χ0v) is 16.8. The Bertz CT molecular complexity index is 712. The number of amides is 2. The predicted molar refractivity (Wildman–Crippen MR) is 100 cm³/mol. The van der Waals surface area contributed by atoms with E-state index in [0.29, 0.717) is 24.8 Å². The van der Waals surface area contributed by atoms with Gasteiger partial charge in [0.25, 0.3) is 0 Å². The molecule has 2 amide bonds. The van der Waals surface area contributed by atoms with Crippen LogP contribution in [0.5, 0.6) is 0 Å². The van der Waals surface area contributed by atoms with Crippen LogP contribution in [0, 0.1) is 11.8 Å². The van der Waals surface area contributed by atoms with E-state index < -0.39 is 12.1 Å². The van der Waals surface area contributed by atoms with Crippen molar-refractivity contribution in [3.05, 3.63) is 22.4 Å². The van der Waals surface area contributed by atoms with Crippen LogP contribution in [0.25, 0.3) is 0 Å². The van der Waals surface area contributed by atoms with Crippen molar-refractivity contribution in [1.82, 2.24) is 15.1 Å². The van der Waals surface area contributed by atoms with E-state index in [0.717, 1.165) is 38.2 Å². The topological polar surface area (TPSA) is 90.0 Å². The quantitative estimate of drug-likeness (QED) is 0.747. The first-order chi connectivity index (χ1) is 13.6. The van der Waals surface area contributed by atoms with Crippen LogP contribution in [0.2, 0.25) is 0 Å². The van der Waals surface area contributed by atoms with Crippen LogP contribution >= 0.6 is 11.3 Å². The highest BCUT2D eigenvalue weighted by Gasteiger charge is 2.39. The van der Waals surface area contributed by atoms with Crippen molar-refractivity contribution < 1.29 is 32.7 Å². The molecule has 2 aliphatic heterocycles. The van der Waals surface area contributed by atoms with Gasteiger partial charge in [0.1, 0.15) is 0 Å². The molecule has 0 spiro atoms. The number of thiophene rings is 1. The third kappa shape index (κ3) is 7.00. The van der Waals surface area contributed by atoms with Crippen molar-refractivity contribution in [1.29, 1.82) is 0 Å². The number of carbonyl (C=O) groups is 3. The lowest BCUT2D eigenvalue weighted by Crippen LogP contribution is -2.44. The van der Waals surface area contributed by atoms with Gasteiger partial charge in [0, 0.05) is 26.7 Å². The van der Waals surface area contributed by atoms with Crippen molar-refractivity contribution in [3.63, 3.8) is 0 Å². The molecule has 0 aromatic carbocycles. The smallest absolute Gasteiger partial charge is 0.475 e. The maximum absolute atomic E-state index is 12.4. The van der Waals surface area contributed by atoms with Gasteiger partial charge >= 0.3 is 12.1 Å². The van der Waals surface area contributed by atoms with E-state index in [-0.39, 0.29) is 11.8 Å². The number of alkyl halides is 3. The summed E-state index contributed by atoms with van der Waals surface area (Å²) < 4.78 is 31.7. The van der Waals surface area contributed by atoms with Crippen LogP contribution < -0.4 is 5.32 Å². The van der Waals surface area contributed by atoms with Gasteiger partial charge < -0.3 is 15.3 Å². The van der Waals surface area contributed by atoms with Gasteiger partial charge in [-0.3, -0.25) is 14.5 Å². The lowest BCUT2D eigenvalue weighted by molar-refractivity contribution is -0.192. The summed E-state index contributed by atoms with van der Waals surface area (Å²) in [5.41, 5.74) is 1.12. The van der Waals surface area contributed by atoms with E-state index in [4.69, 9.17) is 9.90 Å². The number of likely N-dealkylation sites (tertiary alicyclic amines) is 2. The van der Waals surface area contributed by atoms with Crippen LogP contribution in [0.3, 0.4) is 0 Å². The Morgan fingerprint density at radius 2 is 1.90 bits per heavy atom. The van der Waals surface area contributed by atoms with Crippen LogP contribution in [0.4, 0.5) is 13.2 Å². The first-order valence-corrected chi connectivity index (χ1v) is 10.1. The lowest BCUT2D eigenvalue weighted by Gasteiger charge is -2.33. The standard InChI is InChI=1S/C16H23N3O2S.C2HF3O2/c1-17-15(20)10-18-4-2-13-8-19(9-14(13)7-18)16(21)6-12-3-5-22-11-12;3-2(4,5)1(6)7/h3,5,11,13-14H,2,4,6-10H2,1H3,(H,17,20);(H,6,7)/t13-,14+;/m0./s1. The molecule has 3 rings (SSSR count). The number of carboxylic acid groups (broad SMARTS) is 1. The van der Waals surface area contributed by atoms with E-state index in [2.05, 4.69) is 10.2 Å².